The van der Waals surface area contributed by atoms with Crippen molar-refractivity contribution in [2.45, 2.75) is 24.7 Å². The number of hydrogen-bond donors (Lipinski definition) is 0. The molecule has 0 heterocycles. The van der Waals surface area contributed by atoms with Crippen LogP contribution in [0.2, 0.25) is 0 Å². The molecule has 0 radical (unpaired) electrons. The molecule has 0 aromatic heterocycles. The SMILES string of the molecule is C#CCC/C=C\CS(=O)c1ccc(C)cc1. The number of rotatable bonds is 5. The summed E-state index contributed by atoms with van der Waals surface area (Å²) >= 11 is 0. The van der Waals surface area contributed by atoms with Gasteiger partial charge in [-0.05, 0) is 25.5 Å². The second-order valence-corrected chi connectivity index (χ2v) is 5.04. The molecular weight excluding hydrogens is 216 g/mol. The van der Waals surface area contributed by atoms with Crippen LogP contribution < -0.4 is 0 Å². The van der Waals surface area contributed by atoms with Gasteiger partial charge in [-0.3, -0.25) is 4.21 Å². The fourth-order valence-electron chi connectivity index (χ4n) is 1.23. The van der Waals surface area contributed by atoms with E-state index >= 15 is 0 Å². The fraction of sp³-hybridized carbons (Fsp3) is 0.286. The topological polar surface area (TPSA) is 17.1 Å². The smallest absolute Gasteiger partial charge is 0.0567 e. The molecule has 1 unspecified atom stereocenters. The molecule has 1 atom stereocenters. The molecule has 84 valence electrons. The lowest BCUT2D eigenvalue weighted by molar-refractivity contribution is 0.685. The van der Waals surface area contributed by atoms with Crippen LogP contribution in [-0.2, 0) is 10.8 Å². The molecule has 0 saturated carbocycles. The first-order valence-corrected chi connectivity index (χ1v) is 6.59. The molecule has 1 rings (SSSR count). The molecule has 1 aromatic rings. The maximum absolute atomic E-state index is 11.8. The summed E-state index contributed by atoms with van der Waals surface area (Å²) in [7, 11) is -0.936. The zero-order valence-corrected chi connectivity index (χ0v) is 10.3. The summed E-state index contributed by atoms with van der Waals surface area (Å²) in [6, 6.07) is 7.80. The maximum atomic E-state index is 11.8. The standard InChI is InChI=1S/C14H16OS/c1-3-4-5-6-7-12-16(15)14-10-8-13(2)9-11-14/h1,6-11H,4-5,12H2,2H3/b7-6-. The lowest BCUT2D eigenvalue weighted by Gasteiger charge is -1.99. The van der Waals surface area contributed by atoms with Crippen LogP contribution in [0.15, 0.2) is 41.3 Å². The summed E-state index contributed by atoms with van der Waals surface area (Å²) in [5, 5.41) is 0. The highest BCUT2D eigenvalue weighted by atomic mass is 32.2. The van der Waals surface area contributed by atoms with E-state index in [0.717, 1.165) is 17.7 Å². The van der Waals surface area contributed by atoms with Gasteiger partial charge >= 0.3 is 0 Å². The van der Waals surface area contributed by atoms with Crippen molar-refractivity contribution in [3.05, 3.63) is 42.0 Å². The molecule has 0 aliphatic heterocycles. The minimum atomic E-state index is -0.936. The number of terminal acetylenes is 1. The van der Waals surface area contributed by atoms with E-state index in [0.29, 0.717) is 5.75 Å². The molecular formula is C14H16OS. The molecule has 2 heteroatoms. The molecule has 0 amide bonds. The highest BCUT2D eigenvalue weighted by Crippen LogP contribution is 2.08. The third kappa shape index (κ3) is 4.46. The van der Waals surface area contributed by atoms with E-state index in [1.165, 1.54) is 5.56 Å². The molecule has 16 heavy (non-hydrogen) atoms. The highest BCUT2D eigenvalue weighted by Gasteiger charge is 1.99. The summed E-state index contributed by atoms with van der Waals surface area (Å²) in [5.74, 6) is 3.13. The summed E-state index contributed by atoms with van der Waals surface area (Å²) in [5.41, 5.74) is 1.19. The Bertz CT molecular complexity index is 409. The van der Waals surface area contributed by atoms with Crippen molar-refractivity contribution >= 4 is 10.8 Å². The first kappa shape index (κ1) is 12.7. The molecule has 0 aliphatic rings. The Hall–Kier alpha value is -1.33. The van der Waals surface area contributed by atoms with Gasteiger partial charge in [0.2, 0.25) is 0 Å². The van der Waals surface area contributed by atoms with E-state index in [1.807, 2.05) is 43.3 Å². The number of aryl methyl sites for hydroxylation is 1. The summed E-state index contributed by atoms with van der Waals surface area (Å²) in [6.07, 6.45) is 10.7. The third-order valence-electron chi connectivity index (χ3n) is 2.15. The van der Waals surface area contributed by atoms with E-state index in [4.69, 9.17) is 6.42 Å². The average Bonchev–Trinajstić information content (AvgIpc) is 2.29. The molecule has 1 aromatic carbocycles. The van der Waals surface area contributed by atoms with Crippen LogP contribution in [0.1, 0.15) is 18.4 Å². The normalized spacial score (nSPS) is 12.5. The van der Waals surface area contributed by atoms with Crippen LogP contribution in [0, 0.1) is 19.3 Å². The molecule has 1 nitrogen and oxygen atoms in total. The number of hydrogen-bond acceptors (Lipinski definition) is 1. The van der Waals surface area contributed by atoms with E-state index in [2.05, 4.69) is 5.92 Å². The van der Waals surface area contributed by atoms with Crippen molar-refractivity contribution in [2.24, 2.45) is 0 Å². The lowest BCUT2D eigenvalue weighted by atomic mass is 10.2. The van der Waals surface area contributed by atoms with Gasteiger partial charge in [-0.25, -0.2) is 0 Å². The molecule has 0 fully saturated rings. The summed E-state index contributed by atoms with van der Waals surface area (Å²) in [4.78, 5) is 0.882. The fourth-order valence-corrected chi connectivity index (χ4v) is 2.17. The largest absolute Gasteiger partial charge is 0.254 e. The highest BCUT2D eigenvalue weighted by molar-refractivity contribution is 7.85. The van der Waals surface area contributed by atoms with Crippen LogP contribution in [0.4, 0.5) is 0 Å². The summed E-state index contributed by atoms with van der Waals surface area (Å²) in [6.45, 7) is 2.02. The van der Waals surface area contributed by atoms with Gasteiger partial charge in [-0.1, -0.05) is 29.8 Å². The van der Waals surface area contributed by atoms with Gasteiger partial charge in [-0.15, -0.1) is 12.3 Å². The van der Waals surface area contributed by atoms with Crippen molar-refractivity contribution in [1.29, 1.82) is 0 Å². The molecule has 0 aliphatic carbocycles. The number of benzene rings is 1. The van der Waals surface area contributed by atoms with Crippen molar-refractivity contribution in [2.75, 3.05) is 5.75 Å². The van der Waals surface area contributed by atoms with Crippen LogP contribution in [0.5, 0.6) is 0 Å². The van der Waals surface area contributed by atoms with E-state index in [9.17, 15) is 4.21 Å². The minimum Gasteiger partial charge on any atom is -0.254 e. The molecule has 0 spiro atoms. The molecule has 0 N–H and O–H groups in total. The predicted molar refractivity (Wildman–Crippen MR) is 69.7 cm³/mol. The quantitative estimate of drug-likeness (QED) is 0.433. The van der Waals surface area contributed by atoms with Crippen LogP contribution in [0.25, 0.3) is 0 Å². The number of unbranched alkanes of at least 4 members (excludes halogenated alkanes) is 1. The van der Waals surface area contributed by atoms with Gasteiger partial charge < -0.3 is 0 Å². The Labute approximate surface area is 100 Å². The van der Waals surface area contributed by atoms with E-state index in [-0.39, 0.29) is 0 Å². The van der Waals surface area contributed by atoms with Gasteiger partial charge in [0.15, 0.2) is 0 Å². The van der Waals surface area contributed by atoms with Gasteiger partial charge in [0.25, 0.3) is 0 Å². The van der Waals surface area contributed by atoms with Crippen molar-refractivity contribution in [3.8, 4) is 12.3 Å². The van der Waals surface area contributed by atoms with Gasteiger partial charge in [0.1, 0.15) is 0 Å². The summed E-state index contributed by atoms with van der Waals surface area (Å²) < 4.78 is 11.8. The molecule has 0 saturated heterocycles. The van der Waals surface area contributed by atoms with Crippen LogP contribution in [0.3, 0.4) is 0 Å². The van der Waals surface area contributed by atoms with Gasteiger partial charge in [0, 0.05) is 17.1 Å². The van der Waals surface area contributed by atoms with Gasteiger partial charge in [0.05, 0.1) is 10.8 Å². The Morgan fingerprint density at radius 1 is 1.31 bits per heavy atom. The Kier molecular flexibility index (Phi) is 5.60. The first-order chi connectivity index (χ1) is 7.74. The average molecular weight is 232 g/mol. The van der Waals surface area contributed by atoms with Crippen molar-refractivity contribution < 1.29 is 4.21 Å². The zero-order valence-electron chi connectivity index (χ0n) is 9.48. The van der Waals surface area contributed by atoms with Crippen LogP contribution >= 0.6 is 0 Å². The van der Waals surface area contributed by atoms with Crippen molar-refractivity contribution in [1.82, 2.24) is 0 Å². The second-order valence-electron chi connectivity index (χ2n) is 3.54. The van der Waals surface area contributed by atoms with Gasteiger partial charge in [-0.2, -0.15) is 0 Å². The second kappa shape index (κ2) is 7.03. The lowest BCUT2D eigenvalue weighted by Crippen LogP contribution is -1.94. The first-order valence-electron chi connectivity index (χ1n) is 5.27. The van der Waals surface area contributed by atoms with E-state index < -0.39 is 10.8 Å². The molecule has 0 bridgehead atoms. The van der Waals surface area contributed by atoms with Crippen molar-refractivity contribution in [3.63, 3.8) is 0 Å². The number of allylic oxidation sites excluding steroid dienone is 1. The zero-order chi connectivity index (χ0) is 11.8. The monoisotopic (exact) mass is 232 g/mol. The minimum absolute atomic E-state index is 0.563. The van der Waals surface area contributed by atoms with Crippen LogP contribution in [-0.4, -0.2) is 9.96 Å². The Morgan fingerprint density at radius 2 is 2.00 bits per heavy atom. The van der Waals surface area contributed by atoms with E-state index in [1.54, 1.807) is 0 Å². The third-order valence-corrected chi connectivity index (χ3v) is 3.45. The maximum Gasteiger partial charge on any atom is 0.0567 e. The predicted octanol–water partition coefficient (Wildman–Crippen LogP) is 3.07. The Balaban J connectivity index is 2.44. The Morgan fingerprint density at radius 3 is 2.62 bits per heavy atom.